The van der Waals surface area contributed by atoms with E-state index in [1.54, 1.807) is 26.0 Å². The van der Waals surface area contributed by atoms with Gasteiger partial charge in [-0.2, -0.15) is 23.1 Å². The second-order valence-corrected chi connectivity index (χ2v) is 11.2. The van der Waals surface area contributed by atoms with Gasteiger partial charge in [0, 0.05) is 18.5 Å². The molecule has 9 nitrogen and oxygen atoms in total. The summed E-state index contributed by atoms with van der Waals surface area (Å²) in [5.74, 6) is -2.87. The number of anilines is 2. The van der Waals surface area contributed by atoms with E-state index in [1.807, 2.05) is 0 Å². The zero-order valence-corrected chi connectivity index (χ0v) is 24.6. The predicted octanol–water partition coefficient (Wildman–Crippen LogP) is 6.78. The molecule has 1 aliphatic rings. The highest BCUT2D eigenvalue weighted by atomic mass is 35.5. The molecule has 16 heteroatoms. The second kappa shape index (κ2) is 13.5. The monoisotopic (exact) mass is 650 g/mol. The third-order valence-electron chi connectivity index (χ3n) is 6.95. The predicted molar refractivity (Wildman–Crippen MR) is 151 cm³/mol. The molecular formula is C27H29Cl2F5N6O3. The Kier molecular flexibility index (Phi) is 10.2. The fourth-order valence-corrected chi connectivity index (χ4v) is 5.11. The minimum absolute atomic E-state index is 0.0154. The van der Waals surface area contributed by atoms with Crippen molar-refractivity contribution in [1.82, 2.24) is 25.6 Å². The number of hydrogen-bond acceptors (Lipinski definition) is 6. The summed E-state index contributed by atoms with van der Waals surface area (Å²) >= 11 is 12.9. The number of imidazole rings is 1. The van der Waals surface area contributed by atoms with E-state index < -0.39 is 43.0 Å². The number of benzene rings is 1. The zero-order chi connectivity index (χ0) is 31.5. The summed E-state index contributed by atoms with van der Waals surface area (Å²) in [7, 11) is 0. The molecule has 0 radical (unpaired) electrons. The molecule has 1 fully saturated rings. The molecule has 0 spiro atoms. The Hall–Kier alpha value is -3.39. The Morgan fingerprint density at radius 3 is 2.44 bits per heavy atom. The molecule has 234 valence electrons. The van der Waals surface area contributed by atoms with Crippen molar-refractivity contribution in [2.45, 2.75) is 64.7 Å². The first-order chi connectivity index (χ1) is 20.2. The van der Waals surface area contributed by atoms with Gasteiger partial charge in [-0.25, -0.2) is 8.78 Å². The van der Waals surface area contributed by atoms with E-state index in [9.17, 15) is 31.5 Å². The number of nitrogens with one attached hydrogen (secondary N) is 4. The van der Waals surface area contributed by atoms with Crippen LogP contribution in [0.5, 0.6) is 5.88 Å². The number of halogens is 7. The highest BCUT2D eigenvalue weighted by Gasteiger charge is 2.41. The number of rotatable bonds is 10. The maximum atomic E-state index is 13.1. The summed E-state index contributed by atoms with van der Waals surface area (Å²) in [6.07, 6.45) is -7.20. The average molecular weight is 651 g/mol. The van der Waals surface area contributed by atoms with Crippen molar-refractivity contribution in [1.29, 1.82) is 0 Å². The van der Waals surface area contributed by atoms with Crippen LogP contribution in [0.3, 0.4) is 0 Å². The maximum absolute atomic E-state index is 13.1. The SMILES string of the molecule is CC(C)C(=O)NCc1ccc(Cl)c(Nc2nc3nc(OCC(F)F)c(C(=O)N[C@H]4CC[C@H](C(F)(F)F)CC4)cc3[nH]2)c1Cl. The quantitative estimate of drug-likeness (QED) is 0.180. The van der Waals surface area contributed by atoms with E-state index in [4.69, 9.17) is 27.9 Å². The smallest absolute Gasteiger partial charge is 0.391 e. The van der Waals surface area contributed by atoms with Gasteiger partial charge in [0.15, 0.2) is 12.3 Å². The third kappa shape index (κ3) is 8.17. The van der Waals surface area contributed by atoms with Crippen LogP contribution in [-0.2, 0) is 11.3 Å². The number of aromatic nitrogens is 3. The van der Waals surface area contributed by atoms with Gasteiger partial charge in [-0.15, -0.1) is 0 Å². The Labute approximate surface area is 253 Å². The number of aromatic amines is 1. The van der Waals surface area contributed by atoms with Gasteiger partial charge >= 0.3 is 6.18 Å². The standard InChI is InChI=1S/C27H29Cl2F5N6O3/c1-12(2)23(41)35-10-13-3-8-17(28)21(20(13)29)38-26-37-18-9-16(25(39-22(18)40-26)43-11-19(30)31)24(42)36-15-6-4-14(5-7-15)27(32,33)34/h3,8-9,12,14-15,19H,4-7,10-11H2,1-2H3,(H,35,41)(H,36,42)(H2,37,38,39,40)/t14-,15-. The molecule has 2 aromatic heterocycles. The minimum Gasteiger partial charge on any atom is -0.471 e. The van der Waals surface area contributed by atoms with Crippen molar-refractivity contribution in [2.24, 2.45) is 11.8 Å². The van der Waals surface area contributed by atoms with Gasteiger partial charge in [0.1, 0.15) is 5.56 Å². The Balaban J connectivity index is 1.57. The molecule has 0 unspecified atom stereocenters. The summed E-state index contributed by atoms with van der Waals surface area (Å²) < 4.78 is 70.1. The number of amides is 2. The number of nitrogens with zero attached hydrogens (tertiary/aromatic N) is 2. The lowest BCUT2D eigenvalue weighted by Crippen LogP contribution is -2.40. The van der Waals surface area contributed by atoms with Gasteiger partial charge < -0.3 is 25.7 Å². The molecule has 0 saturated heterocycles. The van der Waals surface area contributed by atoms with Crippen LogP contribution in [0.15, 0.2) is 18.2 Å². The lowest BCUT2D eigenvalue weighted by molar-refractivity contribution is -0.182. The van der Waals surface area contributed by atoms with E-state index in [0.717, 1.165) is 0 Å². The van der Waals surface area contributed by atoms with E-state index in [2.05, 4.69) is 30.9 Å². The van der Waals surface area contributed by atoms with Crippen molar-refractivity contribution < 1.29 is 36.3 Å². The number of pyridine rings is 1. The molecule has 4 rings (SSSR count). The van der Waals surface area contributed by atoms with Gasteiger partial charge in [-0.3, -0.25) is 9.59 Å². The molecule has 0 bridgehead atoms. The highest BCUT2D eigenvalue weighted by molar-refractivity contribution is 6.39. The molecule has 1 aliphatic carbocycles. The largest absolute Gasteiger partial charge is 0.471 e. The van der Waals surface area contributed by atoms with Crippen LogP contribution in [0.25, 0.3) is 11.2 Å². The van der Waals surface area contributed by atoms with Crippen LogP contribution < -0.4 is 20.7 Å². The van der Waals surface area contributed by atoms with Crippen LogP contribution in [-0.4, -0.2) is 52.0 Å². The van der Waals surface area contributed by atoms with Crippen LogP contribution in [0.2, 0.25) is 10.0 Å². The third-order valence-corrected chi connectivity index (χ3v) is 7.69. The maximum Gasteiger partial charge on any atom is 0.391 e. The first-order valence-electron chi connectivity index (χ1n) is 13.4. The highest BCUT2D eigenvalue weighted by Crippen LogP contribution is 2.38. The fourth-order valence-electron chi connectivity index (χ4n) is 4.58. The lowest BCUT2D eigenvalue weighted by Gasteiger charge is -2.30. The van der Waals surface area contributed by atoms with Crippen LogP contribution >= 0.6 is 23.2 Å². The molecule has 3 aromatic rings. The topological polar surface area (TPSA) is 121 Å². The Morgan fingerprint density at radius 2 is 1.81 bits per heavy atom. The molecule has 0 aliphatic heterocycles. The molecular weight excluding hydrogens is 622 g/mol. The van der Waals surface area contributed by atoms with Crippen LogP contribution in [0.4, 0.5) is 33.6 Å². The number of H-pyrrole nitrogens is 1. The van der Waals surface area contributed by atoms with Crippen molar-refractivity contribution in [3.63, 3.8) is 0 Å². The minimum atomic E-state index is -4.30. The van der Waals surface area contributed by atoms with Gasteiger partial charge in [0.2, 0.25) is 17.7 Å². The summed E-state index contributed by atoms with van der Waals surface area (Å²) in [4.78, 5) is 36.4. The van der Waals surface area contributed by atoms with E-state index in [1.165, 1.54) is 6.07 Å². The average Bonchev–Trinajstić information content (AvgIpc) is 3.34. The first kappa shape index (κ1) is 32.5. The van der Waals surface area contributed by atoms with E-state index in [0.29, 0.717) is 5.56 Å². The van der Waals surface area contributed by atoms with Gasteiger partial charge in [0.05, 0.1) is 27.2 Å². The molecule has 2 amide bonds. The van der Waals surface area contributed by atoms with Gasteiger partial charge in [-0.1, -0.05) is 43.1 Å². The van der Waals surface area contributed by atoms with Crippen LogP contribution in [0, 0.1) is 11.8 Å². The second-order valence-electron chi connectivity index (χ2n) is 10.5. The Morgan fingerprint density at radius 1 is 1.12 bits per heavy atom. The fraction of sp³-hybridized carbons (Fsp3) is 0.481. The van der Waals surface area contributed by atoms with Crippen LogP contribution in [0.1, 0.15) is 55.5 Å². The number of hydrogen-bond donors (Lipinski definition) is 4. The molecule has 43 heavy (non-hydrogen) atoms. The van der Waals surface area contributed by atoms with Crippen molar-refractivity contribution in [2.75, 3.05) is 11.9 Å². The lowest BCUT2D eigenvalue weighted by atomic mass is 9.85. The molecule has 1 aromatic carbocycles. The summed E-state index contributed by atoms with van der Waals surface area (Å²) in [6.45, 7) is 2.60. The summed E-state index contributed by atoms with van der Waals surface area (Å²) in [5.41, 5.74) is 0.885. The molecule has 0 atom stereocenters. The number of alkyl halides is 5. The van der Waals surface area contributed by atoms with Gasteiger partial charge in [0.25, 0.3) is 12.3 Å². The van der Waals surface area contributed by atoms with Crippen molar-refractivity contribution >= 4 is 57.8 Å². The normalized spacial score (nSPS) is 17.4. The summed E-state index contributed by atoms with van der Waals surface area (Å²) in [6, 6.07) is 4.00. The molecule has 1 saturated carbocycles. The Bertz CT molecular complexity index is 1480. The number of ether oxygens (including phenoxy) is 1. The van der Waals surface area contributed by atoms with Crippen molar-refractivity contribution in [3.05, 3.63) is 39.4 Å². The number of carbonyl (C=O) groups is 2. The van der Waals surface area contributed by atoms with Crippen molar-refractivity contribution in [3.8, 4) is 5.88 Å². The zero-order valence-electron chi connectivity index (χ0n) is 23.0. The number of carbonyl (C=O) groups excluding carboxylic acids is 2. The molecule has 2 heterocycles. The number of fused-ring (bicyclic) bond motifs is 1. The van der Waals surface area contributed by atoms with E-state index in [-0.39, 0.29) is 82.5 Å². The first-order valence-corrected chi connectivity index (χ1v) is 14.2. The molecule has 4 N–H and O–H groups in total. The summed E-state index contributed by atoms with van der Waals surface area (Å²) in [5, 5.41) is 8.83. The van der Waals surface area contributed by atoms with Gasteiger partial charge in [-0.05, 0) is 43.4 Å². The van der Waals surface area contributed by atoms with E-state index >= 15 is 0 Å².